The Kier molecular flexibility index (Phi) is 3.96. The van der Waals surface area contributed by atoms with Gasteiger partial charge in [0.15, 0.2) is 0 Å². The quantitative estimate of drug-likeness (QED) is 0.727. The Bertz CT molecular complexity index is 177. The average Bonchev–Trinajstić information content (AvgIpc) is 2.40. The zero-order valence-electron chi connectivity index (χ0n) is 10.0. The summed E-state index contributed by atoms with van der Waals surface area (Å²) in [5.74, 6) is 0.354. The normalized spacial score (nSPS) is 28.3. The van der Waals surface area contributed by atoms with Gasteiger partial charge in [0.2, 0.25) is 0 Å². The summed E-state index contributed by atoms with van der Waals surface area (Å²) in [5, 5.41) is 13.2. The van der Waals surface area contributed by atoms with E-state index in [4.69, 9.17) is 0 Å². The van der Waals surface area contributed by atoms with Crippen LogP contribution in [0, 0.1) is 11.3 Å². The highest BCUT2D eigenvalue weighted by atomic mass is 16.3. The predicted octanol–water partition coefficient (Wildman–Crippen LogP) is 2.17. The van der Waals surface area contributed by atoms with E-state index in [-0.39, 0.29) is 6.10 Å². The second-order valence-corrected chi connectivity index (χ2v) is 5.65. The predicted molar refractivity (Wildman–Crippen MR) is 60.3 cm³/mol. The summed E-state index contributed by atoms with van der Waals surface area (Å²) in [5.41, 5.74) is 0.413. The molecule has 2 nitrogen and oxygen atoms in total. The Morgan fingerprint density at radius 2 is 2.07 bits per heavy atom. The molecular weight excluding hydrogens is 174 g/mol. The fourth-order valence-corrected chi connectivity index (χ4v) is 2.20. The molecule has 1 rings (SSSR count). The fraction of sp³-hybridized carbons (Fsp3) is 1.00. The Labute approximate surface area is 88.1 Å². The van der Waals surface area contributed by atoms with E-state index in [0.29, 0.717) is 17.4 Å². The molecule has 0 aromatic rings. The summed E-state index contributed by atoms with van der Waals surface area (Å²) in [7, 11) is 0. The summed E-state index contributed by atoms with van der Waals surface area (Å²) >= 11 is 0. The molecule has 14 heavy (non-hydrogen) atoms. The molecule has 0 radical (unpaired) electrons. The monoisotopic (exact) mass is 199 g/mol. The van der Waals surface area contributed by atoms with Crippen molar-refractivity contribution in [2.24, 2.45) is 11.3 Å². The molecule has 0 saturated heterocycles. The lowest BCUT2D eigenvalue weighted by atomic mass is 9.87. The Balaban J connectivity index is 2.31. The highest BCUT2D eigenvalue weighted by molar-refractivity contribution is 4.90. The van der Waals surface area contributed by atoms with Gasteiger partial charge >= 0.3 is 0 Å². The number of nitrogens with one attached hydrogen (secondary N) is 1. The molecule has 0 aliphatic heterocycles. The zero-order chi connectivity index (χ0) is 10.8. The van der Waals surface area contributed by atoms with Gasteiger partial charge in [0, 0.05) is 12.6 Å². The maximum atomic E-state index is 9.69. The first-order chi connectivity index (χ1) is 6.43. The first-order valence-corrected chi connectivity index (χ1v) is 5.85. The first kappa shape index (κ1) is 12.0. The molecule has 1 aliphatic carbocycles. The summed E-state index contributed by atoms with van der Waals surface area (Å²) < 4.78 is 0. The van der Waals surface area contributed by atoms with Crippen LogP contribution in [0.2, 0.25) is 0 Å². The van der Waals surface area contributed by atoms with E-state index in [1.165, 1.54) is 19.3 Å². The van der Waals surface area contributed by atoms with Crippen LogP contribution in [0.25, 0.3) is 0 Å². The van der Waals surface area contributed by atoms with Crippen LogP contribution in [0.15, 0.2) is 0 Å². The molecule has 1 fully saturated rings. The van der Waals surface area contributed by atoms with Crippen molar-refractivity contribution in [3.05, 3.63) is 0 Å². The molecule has 0 bridgehead atoms. The number of aliphatic hydroxyl groups is 1. The standard InChI is InChI=1S/C12H25NO/c1-9(2)10(14)8-13-11-6-5-7-12(11,3)4/h9-11,13-14H,5-8H2,1-4H3. The minimum Gasteiger partial charge on any atom is -0.392 e. The maximum Gasteiger partial charge on any atom is 0.0687 e. The van der Waals surface area contributed by atoms with Gasteiger partial charge in [-0.1, -0.05) is 34.1 Å². The minimum absolute atomic E-state index is 0.202. The molecule has 0 amide bonds. The van der Waals surface area contributed by atoms with E-state index in [9.17, 15) is 5.11 Å². The van der Waals surface area contributed by atoms with E-state index in [2.05, 4.69) is 33.0 Å². The highest BCUT2D eigenvalue weighted by Gasteiger charge is 2.34. The van der Waals surface area contributed by atoms with Crippen LogP contribution in [-0.2, 0) is 0 Å². The Morgan fingerprint density at radius 3 is 2.50 bits per heavy atom. The third-order valence-corrected chi connectivity index (χ3v) is 3.60. The Hall–Kier alpha value is -0.0800. The molecular formula is C12H25NO. The Morgan fingerprint density at radius 1 is 1.43 bits per heavy atom. The minimum atomic E-state index is -0.202. The molecule has 0 aromatic heterocycles. The van der Waals surface area contributed by atoms with Crippen molar-refractivity contribution in [1.29, 1.82) is 0 Å². The summed E-state index contributed by atoms with van der Waals surface area (Å²) in [6.45, 7) is 9.50. The van der Waals surface area contributed by atoms with Gasteiger partial charge in [-0.15, -0.1) is 0 Å². The van der Waals surface area contributed by atoms with Crippen LogP contribution >= 0.6 is 0 Å². The first-order valence-electron chi connectivity index (χ1n) is 5.85. The van der Waals surface area contributed by atoms with E-state index < -0.39 is 0 Å². The second kappa shape index (κ2) is 4.63. The molecule has 1 saturated carbocycles. The van der Waals surface area contributed by atoms with Crippen LogP contribution in [-0.4, -0.2) is 23.8 Å². The molecule has 2 atom stereocenters. The highest BCUT2D eigenvalue weighted by Crippen LogP contribution is 2.37. The van der Waals surface area contributed by atoms with Gasteiger partial charge in [-0.25, -0.2) is 0 Å². The number of hydrogen-bond acceptors (Lipinski definition) is 2. The van der Waals surface area contributed by atoms with E-state index in [1.807, 2.05) is 0 Å². The van der Waals surface area contributed by atoms with Crippen molar-refractivity contribution in [1.82, 2.24) is 5.32 Å². The molecule has 0 aromatic carbocycles. The van der Waals surface area contributed by atoms with E-state index in [1.54, 1.807) is 0 Å². The molecule has 0 spiro atoms. The van der Waals surface area contributed by atoms with Gasteiger partial charge in [0.25, 0.3) is 0 Å². The maximum absolute atomic E-state index is 9.69. The van der Waals surface area contributed by atoms with Crippen LogP contribution in [0.1, 0.15) is 47.0 Å². The molecule has 84 valence electrons. The summed E-state index contributed by atoms with van der Waals surface area (Å²) in [6.07, 6.45) is 3.69. The largest absolute Gasteiger partial charge is 0.392 e. The number of hydrogen-bond donors (Lipinski definition) is 2. The third-order valence-electron chi connectivity index (χ3n) is 3.60. The van der Waals surface area contributed by atoms with Gasteiger partial charge in [-0.3, -0.25) is 0 Å². The topological polar surface area (TPSA) is 32.3 Å². The van der Waals surface area contributed by atoms with Gasteiger partial charge in [-0.05, 0) is 24.2 Å². The zero-order valence-corrected chi connectivity index (χ0v) is 10.0. The molecule has 1 aliphatic rings. The second-order valence-electron chi connectivity index (χ2n) is 5.65. The SMILES string of the molecule is CC(C)C(O)CNC1CCCC1(C)C. The van der Waals surface area contributed by atoms with Crippen molar-refractivity contribution in [2.75, 3.05) is 6.54 Å². The number of rotatable bonds is 4. The van der Waals surface area contributed by atoms with Gasteiger partial charge in [0.1, 0.15) is 0 Å². The molecule has 2 N–H and O–H groups in total. The molecule has 2 unspecified atom stereocenters. The third kappa shape index (κ3) is 2.96. The van der Waals surface area contributed by atoms with E-state index >= 15 is 0 Å². The average molecular weight is 199 g/mol. The number of aliphatic hydroxyl groups excluding tert-OH is 1. The van der Waals surface area contributed by atoms with Gasteiger partial charge in [0.05, 0.1) is 6.10 Å². The van der Waals surface area contributed by atoms with Crippen molar-refractivity contribution in [3.8, 4) is 0 Å². The van der Waals surface area contributed by atoms with Crippen LogP contribution in [0.3, 0.4) is 0 Å². The lowest BCUT2D eigenvalue weighted by molar-refractivity contribution is 0.113. The van der Waals surface area contributed by atoms with Crippen LogP contribution < -0.4 is 5.32 Å². The van der Waals surface area contributed by atoms with Crippen molar-refractivity contribution in [3.63, 3.8) is 0 Å². The summed E-state index contributed by atoms with van der Waals surface area (Å²) in [4.78, 5) is 0. The molecule has 2 heteroatoms. The van der Waals surface area contributed by atoms with Gasteiger partial charge < -0.3 is 10.4 Å². The van der Waals surface area contributed by atoms with Crippen molar-refractivity contribution >= 4 is 0 Å². The smallest absolute Gasteiger partial charge is 0.0687 e. The summed E-state index contributed by atoms with van der Waals surface area (Å²) in [6, 6.07) is 0.593. The van der Waals surface area contributed by atoms with Crippen LogP contribution in [0.4, 0.5) is 0 Å². The lowest BCUT2D eigenvalue weighted by Crippen LogP contribution is -2.42. The van der Waals surface area contributed by atoms with Gasteiger partial charge in [-0.2, -0.15) is 0 Å². The van der Waals surface area contributed by atoms with Crippen LogP contribution in [0.5, 0.6) is 0 Å². The van der Waals surface area contributed by atoms with Crippen molar-refractivity contribution in [2.45, 2.75) is 59.1 Å². The lowest BCUT2D eigenvalue weighted by Gasteiger charge is -2.29. The fourth-order valence-electron chi connectivity index (χ4n) is 2.20. The van der Waals surface area contributed by atoms with E-state index in [0.717, 1.165) is 6.54 Å². The van der Waals surface area contributed by atoms with Crippen molar-refractivity contribution < 1.29 is 5.11 Å². The molecule has 0 heterocycles.